The van der Waals surface area contributed by atoms with E-state index in [2.05, 4.69) is 57.7 Å². The molecule has 0 bridgehead atoms. The molecule has 4 aliphatic heterocycles. The van der Waals surface area contributed by atoms with Crippen molar-refractivity contribution in [3.05, 3.63) is 81.6 Å². The minimum Gasteiger partial charge on any atom is -0.371 e. The van der Waals surface area contributed by atoms with E-state index in [0.29, 0.717) is 51.6 Å². The van der Waals surface area contributed by atoms with Crippen molar-refractivity contribution in [3.8, 4) is 0 Å². The lowest BCUT2D eigenvalue weighted by atomic mass is 9.77. The van der Waals surface area contributed by atoms with Crippen molar-refractivity contribution in [2.45, 2.75) is 64.7 Å². The largest absolute Gasteiger partial charge is 0.371 e. The Morgan fingerprint density at radius 1 is 0.949 bits per heavy atom. The zero-order chi connectivity index (χ0) is 41.1. The molecule has 1 atom stereocenters. The predicted molar refractivity (Wildman–Crippen MR) is 231 cm³/mol. The molecule has 0 saturated carbocycles. The number of thiazole rings is 1. The van der Waals surface area contributed by atoms with Crippen molar-refractivity contribution < 1.29 is 19.2 Å². The Labute approximate surface area is 353 Å². The van der Waals surface area contributed by atoms with Crippen molar-refractivity contribution >= 4 is 74.7 Å². The van der Waals surface area contributed by atoms with Gasteiger partial charge in [0.1, 0.15) is 22.3 Å². The number of halogens is 1. The molecule has 6 heterocycles. The molecule has 8 rings (SSSR count). The summed E-state index contributed by atoms with van der Waals surface area (Å²) in [5, 5.41) is 9.65. The molecule has 4 aromatic rings. The summed E-state index contributed by atoms with van der Waals surface area (Å²) >= 11 is 7.54. The third kappa shape index (κ3) is 9.53. The first-order valence-corrected chi connectivity index (χ1v) is 21.8. The second kappa shape index (κ2) is 17.6. The number of piperazine rings is 1. The number of aromatic nitrogens is 3. The maximum absolute atomic E-state index is 13.4. The standard InChI is InChI=1S/C43H51ClN10O4S/c1-28-5-3-6-33(44)39(28)50-41(58)34-26-45-42(59-34)48-35-25-36(47-29(2)46-35)53-23-21-51(22-24-53)17-4-7-38(56)54-20-16-43(27-54)14-18-52(19-15-43)31-10-8-30(9-11-31)32-12-13-37(55)49-40(32)57/h3,5-6,8-11,25-26,32H,4,7,12-24,27H2,1-2H3,(H,50,58)(H,49,55,57)(H,45,46,47,48). The number of piperidine rings is 2. The Hall–Kier alpha value is -5.12. The van der Waals surface area contributed by atoms with Gasteiger partial charge >= 0.3 is 0 Å². The van der Waals surface area contributed by atoms with Gasteiger partial charge in [-0.1, -0.05) is 47.2 Å². The van der Waals surface area contributed by atoms with E-state index in [1.165, 1.54) is 11.3 Å². The van der Waals surface area contributed by atoms with Gasteiger partial charge in [-0.3, -0.25) is 29.4 Å². The summed E-state index contributed by atoms with van der Waals surface area (Å²) < 4.78 is 0. The van der Waals surface area contributed by atoms with Crippen molar-refractivity contribution in [1.29, 1.82) is 0 Å². The van der Waals surface area contributed by atoms with Gasteiger partial charge in [0.25, 0.3) is 5.91 Å². The zero-order valence-corrected chi connectivity index (χ0v) is 35.2. The third-order valence-electron chi connectivity index (χ3n) is 12.3. The predicted octanol–water partition coefficient (Wildman–Crippen LogP) is 6.14. The smallest absolute Gasteiger partial charge is 0.267 e. The molecule has 1 unspecified atom stereocenters. The lowest BCUT2D eigenvalue weighted by Gasteiger charge is -2.40. The molecular formula is C43H51ClN10O4S. The van der Waals surface area contributed by atoms with Gasteiger partial charge in [-0.25, -0.2) is 15.0 Å². The molecule has 1 spiro atoms. The normalized spacial score (nSPS) is 19.6. The summed E-state index contributed by atoms with van der Waals surface area (Å²) in [4.78, 5) is 73.5. The minimum absolute atomic E-state index is 0.191. The summed E-state index contributed by atoms with van der Waals surface area (Å²) in [6.45, 7) is 11.7. The number of nitrogens with one attached hydrogen (secondary N) is 3. The van der Waals surface area contributed by atoms with Crippen LogP contribution in [0.3, 0.4) is 0 Å². The Balaban J connectivity index is 0.751. The van der Waals surface area contributed by atoms with Crippen LogP contribution in [0.15, 0.2) is 54.7 Å². The number of carbonyl (C=O) groups excluding carboxylic acids is 4. The first-order chi connectivity index (χ1) is 28.5. The van der Waals surface area contributed by atoms with Crippen molar-refractivity contribution in [2.75, 3.05) is 79.3 Å². The van der Waals surface area contributed by atoms with Gasteiger partial charge in [-0.15, -0.1) is 0 Å². The van der Waals surface area contributed by atoms with Gasteiger partial charge in [0, 0.05) is 77.0 Å². The van der Waals surface area contributed by atoms with Gasteiger partial charge in [0.15, 0.2) is 5.13 Å². The number of rotatable bonds is 11. The van der Waals surface area contributed by atoms with E-state index < -0.39 is 0 Å². The Kier molecular flexibility index (Phi) is 12.1. The van der Waals surface area contributed by atoms with Crippen molar-refractivity contribution in [3.63, 3.8) is 0 Å². The van der Waals surface area contributed by atoms with Crippen LogP contribution in [0.5, 0.6) is 0 Å². The average molecular weight is 839 g/mol. The van der Waals surface area contributed by atoms with Gasteiger partial charge in [-0.2, -0.15) is 0 Å². The molecule has 3 N–H and O–H groups in total. The second-order valence-electron chi connectivity index (χ2n) is 16.3. The van der Waals surface area contributed by atoms with Crippen LogP contribution in [0.2, 0.25) is 5.02 Å². The average Bonchev–Trinajstić information content (AvgIpc) is 3.87. The van der Waals surface area contributed by atoms with Crippen LogP contribution in [0.4, 0.5) is 28.1 Å². The van der Waals surface area contributed by atoms with Crippen LogP contribution in [0.25, 0.3) is 0 Å². The number of likely N-dealkylation sites (tertiary alicyclic amines) is 1. The van der Waals surface area contributed by atoms with Crippen molar-refractivity contribution in [2.24, 2.45) is 5.41 Å². The number of imide groups is 1. The molecule has 2 aromatic heterocycles. The Morgan fingerprint density at radius 2 is 1.71 bits per heavy atom. The first-order valence-electron chi connectivity index (χ1n) is 20.6. The van der Waals surface area contributed by atoms with Crippen LogP contribution in [-0.2, 0) is 14.4 Å². The minimum atomic E-state index is -0.277. The fourth-order valence-corrected chi connectivity index (χ4v) is 9.81. The number of benzene rings is 2. The Bertz CT molecular complexity index is 2180. The number of hydrogen-bond acceptors (Lipinski definition) is 12. The molecular weight excluding hydrogens is 788 g/mol. The number of aryl methyl sites for hydroxylation is 2. The van der Waals surface area contributed by atoms with E-state index in [1.807, 2.05) is 44.2 Å². The van der Waals surface area contributed by atoms with Gasteiger partial charge in [0.05, 0.1) is 22.8 Å². The van der Waals surface area contributed by atoms with Crippen molar-refractivity contribution in [1.82, 2.24) is 30.1 Å². The molecule has 14 nitrogen and oxygen atoms in total. The summed E-state index contributed by atoms with van der Waals surface area (Å²) in [6.07, 6.45) is 7.09. The number of nitrogens with zero attached hydrogens (tertiary/aromatic N) is 7. The highest BCUT2D eigenvalue weighted by atomic mass is 35.5. The highest BCUT2D eigenvalue weighted by Gasteiger charge is 2.42. The highest BCUT2D eigenvalue weighted by molar-refractivity contribution is 7.17. The quantitative estimate of drug-likeness (QED) is 0.149. The third-order valence-corrected chi connectivity index (χ3v) is 13.6. The number of amides is 4. The summed E-state index contributed by atoms with van der Waals surface area (Å²) in [7, 11) is 0. The fourth-order valence-electron chi connectivity index (χ4n) is 8.83. The van der Waals surface area contributed by atoms with Gasteiger partial charge < -0.3 is 25.3 Å². The molecule has 0 radical (unpaired) electrons. The van der Waals surface area contributed by atoms with E-state index in [-0.39, 0.29) is 35.0 Å². The fraction of sp³-hybridized carbons (Fsp3) is 0.465. The molecule has 4 saturated heterocycles. The number of para-hydroxylation sites is 1. The van der Waals surface area contributed by atoms with Gasteiger partial charge in [0.2, 0.25) is 17.7 Å². The monoisotopic (exact) mass is 838 g/mol. The lowest BCUT2D eigenvalue weighted by Crippen LogP contribution is -2.47. The van der Waals surface area contributed by atoms with Crippen LogP contribution >= 0.6 is 22.9 Å². The number of anilines is 5. The van der Waals surface area contributed by atoms with E-state index in [1.54, 1.807) is 12.3 Å². The second-order valence-corrected chi connectivity index (χ2v) is 17.7. The van der Waals surface area contributed by atoms with Crippen LogP contribution < -0.4 is 25.8 Å². The Morgan fingerprint density at radius 3 is 2.46 bits per heavy atom. The van der Waals surface area contributed by atoms with Gasteiger partial charge in [-0.05, 0) is 87.2 Å². The summed E-state index contributed by atoms with van der Waals surface area (Å²) in [6, 6.07) is 15.7. The van der Waals surface area contributed by atoms with Crippen LogP contribution in [0, 0.1) is 19.3 Å². The number of carbonyl (C=O) groups is 4. The lowest BCUT2D eigenvalue weighted by molar-refractivity contribution is -0.134. The molecule has 4 aliphatic rings. The molecule has 4 amide bonds. The van der Waals surface area contributed by atoms with E-state index in [9.17, 15) is 19.2 Å². The SMILES string of the molecule is Cc1nc(Nc2ncc(C(=O)Nc3c(C)cccc3Cl)s2)cc(N2CCN(CCCC(=O)N3CCC4(CCN(c5ccc(C6CCC(=O)NC6=O)cc5)CC4)C3)CC2)n1. The van der Waals surface area contributed by atoms with Crippen LogP contribution in [-0.4, -0.2) is 107 Å². The zero-order valence-electron chi connectivity index (χ0n) is 33.6. The molecule has 4 fully saturated rings. The van der Waals surface area contributed by atoms with E-state index >= 15 is 0 Å². The summed E-state index contributed by atoms with van der Waals surface area (Å²) in [5.41, 5.74) is 3.78. The highest BCUT2D eigenvalue weighted by Crippen LogP contribution is 2.42. The molecule has 59 heavy (non-hydrogen) atoms. The topological polar surface area (TPSA) is 156 Å². The van der Waals surface area contributed by atoms with Crippen LogP contribution in [0.1, 0.15) is 77.5 Å². The number of hydrogen-bond donors (Lipinski definition) is 3. The van der Waals surface area contributed by atoms with E-state index in [0.717, 1.165) is 107 Å². The maximum Gasteiger partial charge on any atom is 0.267 e. The van der Waals surface area contributed by atoms with E-state index in [4.69, 9.17) is 16.6 Å². The summed E-state index contributed by atoms with van der Waals surface area (Å²) in [5.74, 6) is 1.43. The molecule has 0 aliphatic carbocycles. The molecule has 310 valence electrons. The first kappa shape index (κ1) is 40.7. The molecule has 16 heteroatoms. The molecule has 2 aromatic carbocycles. The maximum atomic E-state index is 13.4.